The van der Waals surface area contributed by atoms with Gasteiger partial charge in [0.2, 0.25) is 0 Å². The first-order chi connectivity index (χ1) is 9.16. The molecule has 0 N–H and O–H groups in total. The van der Waals surface area contributed by atoms with Gasteiger partial charge in [0.25, 0.3) is 0 Å². The summed E-state index contributed by atoms with van der Waals surface area (Å²) in [7, 11) is 4.13. The molecule has 2 aromatic rings. The lowest BCUT2D eigenvalue weighted by molar-refractivity contribution is 0.457. The Morgan fingerprint density at radius 3 is 2.47 bits per heavy atom. The molecule has 0 unspecified atom stereocenters. The molecule has 0 fully saturated rings. The van der Waals surface area contributed by atoms with Crippen molar-refractivity contribution in [3.8, 4) is 0 Å². The second-order valence-corrected chi connectivity index (χ2v) is 5.52. The number of hydrogen-bond donors (Lipinski definition) is 0. The first-order valence-electron chi connectivity index (χ1n) is 6.19. The number of hydrogen-bond acceptors (Lipinski definition) is 2. The van der Waals surface area contributed by atoms with Gasteiger partial charge in [0, 0.05) is 22.8 Å². The van der Waals surface area contributed by atoms with Crippen LogP contribution in [0.4, 0.5) is 0 Å². The summed E-state index contributed by atoms with van der Waals surface area (Å²) in [5, 5.41) is 0. The molecule has 1 heterocycles. The Labute approximate surface area is 122 Å². The summed E-state index contributed by atoms with van der Waals surface area (Å²) in [5.41, 5.74) is 3.36. The number of pyridine rings is 1. The maximum absolute atomic E-state index is 4.46. The van der Waals surface area contributed by atoms with E-state index in [9.17, 15) is 0 Å². The molecule has 0 bridgehead atoms. The number of halogens is 1. The normalized spacial score (nSPS) is 11.9. The zero-order valence-electron chi connectivity index (χ0n) is 11.2. The van der Waals surface area contributed by atoms with E-state index in [2.05, 4.69) is 70.3 Å². The van der Waals surface area contributed by atoms with Crippen molar-refractivity contribution in [2.75, 3.05) is 20.6 Å². The molecule has 98 valence electrons. The molecule has 0 aliphatic heterocycles. The number of benzene rings is 1. The van der Waals surface area contributed by atoms with Crippen LogP contribution in [0.25, 0.3) is 5.57 Å². The van der Waals surface area contributed by atoms with Gasteiger partial charge in [0.05, 0.1) is 5.69 Å². The maximum atomic E-state index is 4.46. The van der Waals surface area contributed by atoms with Crippen LogP contribution in [-0.2, 0) is 0 Å². The molecule has 3 heteroatoms. The predicted octanol–water partition coefficient (Wildman–Crippen LogP) is 3.84. The molecule has 1 aromatic carbocycles. The van der Waals surface area contributed by atoms with Gasteiger partial charge in [-0.1, -0.05) is 40.2 Å². The van der Waals surface area contributed by atoms with Crippen LogP contribution in [0.3, 0.4) is 0 Å². The molecule has 0 aliphatic carbocycles. The van der Waals surface area contributed by atoms with E-state index in [1.54, 1.807) is 0 Å². The summed E-state index contributed by atoms with van der Waals surface area (Å²) >= 11 is 3.47. The van der Waals surface area contributed by atoms with Crippen LogP contribution in [0.5, 0.6) is 0 Å². The van der Waals surface area contributed by atoms with Crippen LogP contribution in [0.15, 0.2) is 59.2 Å². The van der Waals surface area contributed by atoms with E-state index in [-0.39, 0.29) is 0 Å². The molecule has 0 saturated heterocycles. The van der Waals surface area contributed by atoms with Crippen molar-refractivity contribution >= 4 is 21.5 Å². The molecule has 2 nitrogen and oxygen atoms in total. The Bertz CT molecular complexity index is 545. The molecule has 0 atom stereocenters. The lowest BCUT2D eigenvalue weighted by Gasteiger charge is -2.11. The molecular weight excluding hydrogens is 300 g/mol. The van der Waals surface area contributed by atoms with E-state index in [0.29, 0.717) is 0 Å². The Hall–Kier alpha value is -1.45. The molecule has 0 aliphatic rings. The molecular formula is C16H17BrN2. The first-order valence-corrected chi connectivity index (χ1v) is 6.98. The standard InChI is InChI=1S/C16H17BrN2/c1-19(2)12-10-15(16-5-3-4-11-18-16)13-6-8-14(17)9-7-13/h3-11H,12H2,1-2H3/b15-10+. The number of nitrogens with zero attached hydrogens (tertiary/aromatic N) is 2. The largest absolute Gasteiger partial charge is 0.306 e. The third-order valence-electron chi connectivity index (χ3n) is 2.76. The fraction of sp³-hybridized carbons (Fsp3) is 0.188. The second-order valence-electron chi connectivity index (χ2n) is 4.60. The maximum Gasteiger partial charge on any atom is 0.0705 e. The summed E-state index contributed by atoms with van der Waals surface area (Å²) < 4.78 is 1.09. The van der Waals surface area contributed by atoms with E-state index in [0.717, 1.165) is 16.7 Å². The quantitative estimate of drug-likeness (QED) is 0.852. The summed E-state index contributed by atoms with van der Waals surface area (Å²) in [5.74, 6) is 0. The fourth-order valence-electron chi connectivity index (χ4n) is 1.80. The Morgan fingerprint density at radius 1 is 1.16 bits per heavy atom. The topological polar surface area (TPSA) is 16.1 Å². The highest BCUT2D eigenvalue weighted by molar-refractivity contribution is 9.10. The van der Waals surface area contributed by atoms with Crippen molar-refractivity contribution in [3.05, 3.63) is 70.5 Å². The van der Waals surface area contributed by atoms with E-state index < -0.39 is 0 Å². The Kier molecular flexibility index (Phi) is 4.88. The van der Waals surface area contributed by atoms with E-state index >= 15 is 0 Å². The van der Waals surface area contributed by atoms with Gasteiger partial charge < -0.3 is 4.90 Å². The highest BCUT2D eigenvalue weighted by atomic mass is 79.9. The van der Waals surface area contributed by atoms with Gasteiger partial charge in [-0.25, -0.2) is 0 Å². The molecule has 0 amide bonds. The van der Waals surface area contributed by atoms with Crippen molar-refractivity contribution in [1.29, 1.82) is 0 Å². The third-order valence-corrected chi connectivity index (χ3v) is 3.29. The lowest BCUT2D eigenvalue weighted by Crippen LogP contribution is -2.11. The molecule has 2 rings (SSSR count). The third kappa shape index (κ3) is 4.01. The van der Waals surface area contributed by atoms with Crippen LogP contribution < -0.4 is 0 Å². The van der Waals surface area contributed by atoms with Crippen molar-refractivity contribution < 1.29 is 0 Å². The van der Waals surface area contributed by atoms with Crippen molar-refractivity contribution in [1.82, 2.24) is 9.88 Å². The van der Waals surface area contributed by atoms with Gasteiger partial charge in [-0.05, 0) is 43.9 Å². The minimum Gasteiger partial charge on any atom is -0.306 e. The summed E-state index contributed by atoms with van der Waals surface area (Å²) in [6, 6.07) is 14.3. The monoisotopic (exact) mass is 316 g/mol. The van der Waals surface area contributed by atoms with E-state index in [1.165, 1.54) is 11.1 Å². The van der Waals surface area contributed by atoms with Crippen LogP contribution in [0.2, 0.25) is 0 Å². The minimum atomic E-state index is 0.891. The molecule has 0 radical (unpaired) electrons. The first kappa shape index (κ1) is 14.0. The van der Waals surface area contributed by atoms with Gasteiger partial charge in [0.1, 0.15) is 0 Å². The van der Waals surface area contributed by atoms with E-state index in [4.69, 9.17) is 0 Å². The van der Waals surface area contributed by atoms with Gasteiger partial charge in [-0.15, -0.1) is 0 Å². The second kappa shape index (κ2) is 6.64. The SMILES string of the molecule is CN(C)C/C=C(\c1ccc(Br)cc1)c1ccccn1. The Morgan fingerprint density at radius 2 is 1.89 bits per heavy atom. The molecule has 0 spiro atoms. The molecule has 19 heavy (non-hydrogen) atoms. The summed E-state index contributed by atoms with van der Waals surface area (Å²) in [6.45, 7) is 0.891. The zero-order valence-corrected chi connectivity index (χ0v) is 12.8. The van der Waals surface area contributed by atoms with E-state index in [1.807, 2.05) is 24.4 Å². The van der Waals surface area contributed by atoms with Crippen LogP contribution in [0, 0.1) is 0 Å². The molecule has 0 saturated carbocycles. The number of rotatable bonds is 4. The fourth-order valence-corrected chi connectivity index (χ4v) is 2.06. The number of likely N-dealkylation sites (N-methyl/N-ethyl adjacent to an activating group) is 1. The average Bonchev–Trinajstić information content (AvgIpc) is 2.42. The highest BCUT2D eigenvalue weighted by Gasteiger charge is 2.06. The highest BCUT2D eigenvalue weighted by Crippen LogP contribution is 2.23. The van der Waals surface area contributed by atoms with Crippen LogP contribution in [-0.4, -0.2) is 30.5 Å². The lowest BCUT2D eigenvalue weighted by atomic mass is 10.0. The summed E-state index contributed by atoms with van der Waals surface area (Å²) in [4.78, 5) is 6.60. The van der Waals surface area contributed by atoms with Gasteiger partial charge >= 0.3 is 0 Å². The van der Waals surface area contributed by atoms with Crippen LogP contribution in [0.1, 0.15) is 11.3 Å². The number of aromatic nitrogens is 1. The zero-order chi connectivity index (χ0) is 13.7. The predicted molar refractivity (Wildman–Crippen MR) is 84.0 cm³/mol. The van der Waals surface area contributed by atoms with Crippen molar-refractivity contribution in [2.24, 2.45) is 0 Å². The minimum absolute atomic E-state index is 0.891. The molecule has 1 aromatic heterocycles. The average molecular weight is 317 g/mol. The Balaban J connectivity index is 2.40. The van der Waals surface area contributed by atoms with Crippen LogP contribution >= 0.6 is 15.9 Å². The summed E-state index contributed by atoms with van der Waals surface area (Å²) in [6.07, 6.45) is 4.04. The smallest absolute Gasteiger partial charge is 0.0705 e. The van der Waals surface area contributed by atoms with Crippen molar-refractivity contribution in [2.45, 2.75) is 0 Å². The van der Waals surface area contributed by atoms with Gasteiger partial charge in [-0.2, -0.15) is 0 Å². The van der Waals surface area contributed by atoms with Crippen molar-refractivity contribution in [3.63, 3.8) is 0 Å². The van der Waals surface area contributed by atoms with Gasteiger partial charge in [0.15, 0.2) is 0 Å². The van der Waals surface area contributed by atoms with Gasteiger partial charge in [-0.3, -0.25) is 4.98 Å².